The second-order valence-electron chi connectivity index (χ2n) is 4.60. The fraction of sp³-hybridized carbons (Fsp3) is 0.467. The maximum Gasteiger partial charge on any atom is 0.124 e. The van der Waals surface area contributed by atoms with Crippen LogP contribution < -0.4 is 10.1 Å². The van der Waals surface area contributed by atoms with Crippen LogP contribution in [0, 0.1) is 0 Å². The number of ether oxygens (including phenoxy) is 1. The third-order valence-electron chi connectivity index (χ3n) is 2.96. The highest BCUT2D eigenvalue weighted by Gasteiger charge is 2.19. The summed E-state index contributed by atoms with van der Waals surface area (Å²) in [4.78, 5) is 0. The van der Waals surface area contributed by atoms with Crippen LogP contribution in [0.1, 0.15) is 44.0 Å². The summed E-state index contributed by atoms with van der Waals surface area (Å²) >= 11 is 1.38. The van der Waals surface area contributed by atoms with Crippen molar-refractivity contribution in [3.8, 4) is 5.75 Å². The minimum absolute atomic E-state index is 0.0433. The van der Waals surface area contributed by atoms with E-state index in [0.717, 1.165) is 43.0 Å². The predicted molar refractivity (Wildman–Crippen MR) is 82.3 cm³/mol. The first-order chi connectivity index (χ1) is 9.86. The number of aromatic nitrogens is 2. The molecule has 0 spiro atoms. The van der Waals surface area contributed by atoms with Gasteiger partial charge >= 0.3 is 0 Å². The highest BCUT2D eigenvalue weighted by atomic mass is 32.1. The van der Waals surface area contributed by atoms with Crippen LogP contribution in [0.15, 0.2) is 29.6 Å². The first kappa shape index (κ1) is 14.9. The largest absolute Gasteiger partial charge is 0.493 e. The standard InChI is InChI=1S/C15H21N3OS/c1-3-9-16-15(13-11-20-18-17-13)12-7-5-6-8-14(12)19-10-4-2/h5-8,11,15-16H,3-4,9-10H2,1-2H3. The van der Waals surface area contributed by atoms with Crippen molar-refractivity contribution in [3.63, 3.8) is 0 Å². The molecule has 0 aliphatic carbocycles. The Morgan fingerprint density at radius 1 is 1.25 bits per heavy atom. The lowest BCUT2D eigenvalue weighted by atomic mass is 10.0. The molecule has 4 nitrogen and oxygen atoms in total. The summed E-state index contributed by atoms with van der Waals surface area (Å²) < 4.78 is 9.84. The summed E-state index contributed by atoms with van der Waals surface area (Å²) in [6.07, 6.45) is 2.08. The highest BCUT2D eigenvalue weighted by molar-refractivity contribution is 7.03. The van der Waals surface area contributed by atoms with Crippen molar-refractivity contribution >= 4 is 11.5 Å². The number of rotatable bonds is 8. The topological polar surface area (TPSA) is 47.0 Å². The lowest BCUT2D eigenvalue weighted by Gasteiger charge is -2.20. The quantitative estimate of drug-likeness (QED) is 0.809. The van der Waals surface area contributed by atoms with Crippen molar-refractivity contribution in [2.24, 2.45) is 0 Å². The Hall–Kier alpha value is -1.46. The number of hydrogen-bond acceptors (Lipinski definition) is 5. The van der Waals surface area contributed by atoms with Crippen molar-refractivity contribution in [3.05, 3.63) is 40.9 Å². The maximum atomic E-state index is 5.86. The van der Waals surface area contributed by atoms with Crippen molar-refractivity contribution < 1.29 is 4.74 Å². The van der Waals surface area contributed by atoms with Crippen molar-refractivity contribution in [1.82, 2.24) is 14.9 Å². The zero-order chi connectivity index (χ0) is 14.2. The molecule has 2 rings (SSSR count). The molecule has 20 heavy (non-hydrogen) atoms. The molecule has 1 atom stereocenters. The van der Waals surface area contributed by atoms with Crippen LogP contribution >= 0.6 is 11.5 Å². The third-order valence-corrected chi connectivity index (χ3v) is 3.49. The first-order valence-electron chi connectivity index (χ1n) is 7.08. The van der Waals surface area contributed by atoms with Gasteiger partial charge < -0.3 is 10.1 Å². The van der Waals surface area contributed by atoms with E-state index in [1.54, 1.807) is 0 Å². The molecular formula is C15H21N3OS. The number of benzene rings is 1. The Balaban J connectivity index is 2.28. The minimum atomic E-state index is 0.0433. The molecule has 1 aromatic carbocycles. The van der Waals surface area contributed by atoms with Gasteiger partial charge in [-0.3, -0.25) is 0 Å². The molecule has 1 heterocycles. The number of hydrogen-bond donors (Lipinski definition) is 1. The molecule has 0 aliphatic heterocycles. The third kappa shape index (κ3) is 3.77. The average molecular weight is 291 g/mol. The molecule has 108 valence electrons. The summed E-state index contributed by atoms with van der Waals surface area (Å²) in [5, 5.41) is 9.74. The van der Waals surface area contributed by atoms with Gasteiger partial charge in [0.15, 0.2) is 0 Å². The molecular weight excluding hydrogens is 270 g/mol. The molecule has 2 aromatic rings. The van der Waals surface area contributed by atoms with E-state index in [4.69, 9.17) is 4.74 Å². The predicted octanol–water partition coefficient (Wildman–Crippen LogP) is 3.42. The summed E-state index contributed by atoms with van der Waals surface area (Å²) in [5.41, 5.74) is 2.08. The van der Waals surface area contributed by atoms with Gasteiger partial charge in [0.1, 0.15) is 5.75 Å². The fourth-order valence-corrected chi connectivity index (χ4v) is 2.50. The normalized spacial score (nSPS) is 12.3. The SMILES string of the molecule is CCCNC(c1csnn1)c1ccccc1OCCC. The van der Waals surface area contributed by atoms with Crippen LogP contribution in [-0.2, 0) is 0 Å². The average Bonchev–Trinajstić information content (AvgIpc) is 3.01. The van der Waals surface area contributed by atoms with Crippen LogP contribution in [0.2, 0.25) is 0 Å². The summed E-state index contributed by atoms with van der Waals surface area (Å²) in [6.45, 7) is 5.93. The molecule has 0 fully saturated rings. The van der Waals surface area contributed by atoms with E-state index >= 15 is 0 Å². The monoisotopic (exact) mass is 291 g/mol. The van der Waals surface area contributed by atoms with E-state index in [1.165, 1.54) is 11.5 Å². The Morgan fingerprint density at radius 3 is 2.80 bits per heavy atom. The van der Waals surface area contributed by atoms with Gasteiger partial charge in [-0.1, -0.05) is 36.5 Å². The van der Waals surface area contributed by atoms with Gasteiger partial charge in [0.2, 0.25) is 0 Å². The second-order valence-corrected chi connectivity index (χ2v) is 5.21. The van der Waals surface area contributed by atoms with Crippen LogP contribution in [0.4, 0.5) is 0 Å². The van der Waals surface area contributed by atoms with E-state index in [-0.39, 0.29) is 6.04 Å². The van der Waals surface area contributed by atoms with Crippen LogP contribution in [0.25, 0.3) is 0 Å². The number of nitrogens with one attached hydrogen (secondary N) is 1. The molecule has 5 heteroatoms. The van der Waals surface area contributed by atoms with Crippen molar-refractivity contribution in [2.45, 2.75) is 32.7 Å². The molecule has 0 bridgehead atoms. The number of nitrogens with zero attached hydrogens (tertiary/aromatic N) is 2. The number of para-hydroxylation sites is 1. The molecule has 1 N–H and O–H groups in total. The van der Waals surface area contributed by atoms with Crippen LogP contribution in [0.5, 0.6) is 5.75 Å². The minimum Gasteiger partial charge on any atom is -0.493 e. The summed E-state index contributed by atoms with van der Waals surface area (Å²) in [6, 6.07) is 8.20. The van der Waals surface area contributed by atoms with Gasteiger partial charge in [0, 0.05) is 10.9 Å². The molecule has 0 saturated heterocycles. The van der Waals surface area contributed by atoms with Gasteiger partial charge in [-0.15, -0.1) is 5.10 Å². The van der Waals surface area contributed by atoms with Gasteiger partial charge in [0.05, 0.1) is 18.3 Å². The zero-order valence-electron chi connectivity index (χ0n) is 12.0. The zero-order valence-corrected chi connectivity index (χ0v) is 12.8. The second kappa shape index (κ2) is 7.97. The Labute approximate surface area is 124 Å². The summed E-state index contributed by atoms with van der Waals surface area (Å²) in [5.74, 6) is 0.927. The van der Waals surface area contributed by atoms with E-state index < -0.39 is 0 Å². The van der Waals surface area contributed by atoms with Gasteiger partial charge in [-0.05, 0) is 37.0 Å². The Morgan fingerprint density at radius 2 is 2.10 bits per heavy atom. The van der Waals surface area contributed by atoms with Crippen LogP contribution in [-0.4, -0.2) is 22.7 Å². The van der Waals surface area contributed by atoms with Gasteiger partial charge in [-0.2, -0.15) is 0 Å². The Bertz CT molecular complexity index is 502. The van der Waals surface area contributed by atoms with Crippen molar-refractivity contribution in [1.29, 1.82) is 0 Å². The van der Waals surface area contributed by atoms with Crippen LogP contribution in [0.3, 0.4) is 0 Å². The summed E-state index contributed by atoms with van der Waals surface area (Å²) in [7, 11) is 0. The first-order valence-corrected chi connectivity index (χ1v) is 7.92. The Kier molecular flexibility index (Phi) is 5.95. The molecule has 1 aromatic heterocycles. The van der Waals surface area contributed by atoms with E-state index in [9.17, 15) is 0 Å². The maximum absolute atomic E-state index is 5.86. The lowest BCUT2D eigenvalue weighted by Crippen LogP contribution is -2.24. The molecule has 1 unspecified atom stereocenters. The van der Waals surface area contributed by atoms with Crippen molar-refractivity contribution in [2.75, 3.05) is 13.2 Å². The van der Waals surface area contributed by atoms with E-state index in [2.05, 4.69) is 34.8 Å². The lowest BCUT2D eigenvalue weighted by molar-refractivity contribution is 0.311. The van der Waals surface area contributed by atoms with E-state index in [0.29, 0.717) is 0 Å². The molecule has 0 amide bonds. The van der Waals surface area contributed by atoms with E-state index in [1.807, 2.05) is 23.6 Å². The molecule has 0 radical (unpaired) electrons. The molecule has 0 aliphatic rings. The fourth-order valence-electron chi connectivity index (χ4n) is 2.02. The smallest absolute Gasteiger partial charge is 0.124 e. The highest BCUT2D eigenvalue weighted by Crippen LogP contribution is 2.29. The van der Waals surface area contributed by atoms with Gasteiger partial charge in [0.25, 0.3) is 0 Å². The van der Waals surface area contributed by atoms with Gasteiger partial charge in [-0.25, -0.2) is 0 Å². The molecule has 0 saturated carbocycles.